The molecule has 2 N–H and O–H groups in total. The fourth-order valence-corrected chi connectivity index (χ4v) is 3.38. The smallest absolute Gasteiger partial charge is 0.119 e. The second kappa shape index (κ2) is 7.16. The molecule has 1 aliphatic rings. The maximum Gasteiger partial charge on any atom is 0.119 e. The molecule has 3 heteroatoms. The summed E-state index contributed by atoms with van der Waals surface area (Å²) < 4.78 is 5.32. The molecule has 0 radical (unpaired) electrons. The summed E-state index contributed by atoms with van der Waals surface area (Å²) in [5.41, 5.74) is 4.93. The van der Waals surface area contributed by atoms with Crippen molar-refractivity contribution in [1.29, 1.82) is 0 Å². The standard InChI is InChI=1S/C20H25NO2/c1-14-5-3-4-6-19(14)20(22)13-21-17-9-7-15-8-10-18(23-2)12-16(15)11-17/h3-6,8,10,12,17,20-22H,7,9,11,13H2,1-2H3. The number of hydrogen-bond donors (Lipinski definition) is 2. The Hall–Kier alpha value is -1.84. The van der Waals surface area contributed by atoms with Gasteiger partial charge >= 0.3 is 0 Å². The lowest BCUT2D eigenvalue weighted by molar-refractivity contribution is 0.167. The van der Waals surface area contributed by atoms with Crippen molar-refractivity contribution in [1.82, 2.24) is 5.32 Å². The number of ether oxygens (including phenoxy) is 1. The monoisotopic (exact) mass is 311 g/mol. The van der Waals surface area contributed by atoms with E-state index in [4.69, 9.17) is 4.74 Å². The maximum atomic E-state index is 10.4. The summed E-state index contributed by atoms with van der Waals surface area (Å²) in [7, 11) is 1.71. The molecule has 2 aromatic rings. The summed E-state index contributed by atoms with van der Waals surface area (Å²) >= 11 is 0. The molecule has 0 aromatic heterocycles. The third kappa shape index (κ3) is 3.74. The molecule has 0 saturated carbocycles. The van der Waals surface area contributed by atoms with Crippen molar-refractivity contribution in [3.63, 3.8) is 0 Å². The van der Waals surface area contributed by atoms with Gasteiger partial charge in [0.15, 0.2) is 0 Å². The fraction of sp³-hybridized carbons (Fsp3) is 0.400. The van der Waals surface area contributed by atoms with Crippen LogP contribution in [0.25, 0.3) is 0 Å². The predicted octanol–water partition coefficient (Wildman–Crippen LogP) is 3.18. The molecule has 3 nitrogen and oxygen atoms in total. The molecule has 1 aliphatic carbocycles. The number of methoxy groups -OCH3 is 1. The van der Waals surface area contributed by atoms with E-state index in [1.807, 2.05) is 37.3 Å². The molecular weight excluding hydrogens is 286 g/mol. The molecule has 2 aromatic carbocycles. The van der Waals surface area contributed by atoms with E-state index in [0.29, 0.717) is 12.6 Å². The third-order valence-electron chi connectivity index (χ3n) is 4.79. The molecule has 2 atom stereocenters. The Balaban J connectivity index is 1.60. The van der Waals surface area contributed by atoms with Gasteiger partial charge in [-0.05, 0) is 60.6 Å². The molecule has 122 valence electrons. The normalized spacial score (nSPS) is 18.3. The zero-order valence-corrected chi connectivity index (χ0v) is 13.9. The van der Waals surface area contributed by atoms with Crippen molar-refractivity contribution in [2.24, 2.45) is 0 Å². The zero-order chi connectivity index (χ0) is 16.2. The lowest BCUT2D eigenvalue weighted by Gasteiger charge is -2.27. The molecule has 0 saturated heterocycles. The van der Waals surface area contributed by atoms with E-state index in [2.05, 4.69) is 17.4 Å². The number of aryl methyl sites for hydroxylation is 2. The van der Waals surface area contributed by atoms with Crippen LogP contribution >= 0.6 is 0 Å². The van der Waals surface area contributed by atoms with E-state index in [0.717, 1.165) is 36.1 Å². The van der Waals surface area contributed by atoms with E-state index < -0.39 is 6.10 Å². The zero-order valence-electron chi connectivity index (χ0n) is 13.9. The van der Waals surface area contributed by atoms with Crippen LogP contribution in [0.4, 0.5) is 0 Å². The molecule has 3 rings (SSSR count). The van der Waals surface area contributed by atoms with Crippen molar-refractivity contribution in [2.75, 3.05) is 13.7 Å². The Kier molecular flexibility index (Phi) is 4.99. The quantitative estimate of drug-likeness (QED) is 0.891. The van der Waals surface area contributed by atoms with Gasteiger partial charge < -0.3 is 15.2 Å². The summed E-state index contributed by atoms with van der Waals surface area (Å²) in [5.74, 6) is 0.921. The van der Waals surface area contributed by atoms with Crippen molar-refractivity contribution in [3.05, 3.63) is 64.7 Å². The molecule has 23 heavy (non-hydrogen) atoms. The number of fused-ring (bicyclic) bond motifs is 1. The number of aliphatic hydroxyl groups is 1. The topological polar surface area (TPSA) is 41.5 Å². The van der Waals surface area contributed by atoms with Gasteiger partial charge in [-0.25, -0.2) is 0 Å². The summed E-state index contributed by atoms with van der Waals surface area (Å²) in [6, 6.07) is 14.8. The van der Waals surface area contributed by atoms with Crippen molar-refractivity contribution in [3.8, 4) is 5.75 Å². The van der Waals surface area contributed by atoms with E-state index >= 15 is 0 Å². The lowest BCUT2D eigenvalue weighted by Crippen LogP contribution is -2.37. The largest absolute Gasteiger partial charge is 0.497 e. The van der Waals surface area contributed by atoms with E-state index in [9.17, 15) is 5.11 Å². The molecular formula is C20H25NO2. The van der Waals surface area contributed by atoms with Gasteiger partial charge in [0.2, 0.25) is 0 Å². The summed E-state index contributed by atoms with van der Waals surface area (Å²) in [6.45, 7) is 2.64. The van der Waals surface area contributed by atoms with Crippen molar-refractivity contribution >= 4 is 0 Å². The second-order valence-corrected chi connectivity index (χ2v) is 6.35. The third-order valence-corrected chi connectivity index (χ3v) is 4.79. The molecule has 0 fully saturated rings. The first-order valence-electron chi connectivity index (χ1n) is 8.30. The Morgan fingerprint density at radius 2 is 2.04 bits per heavy atom. The first-order valence-corrected chi connectivity index (χ1v) is 8.30. The summed E-state index contributed by atoms with van der Waals surface area (Å²) in [4.78, 5) is 0. The van der Waals surface area contributed by atoms with Gasteiger partial charge in [0.25, 0.3) is 0 Å². The van der Waals surface area contributed by atoms with Crippen LogP contribution in [0.2, 0.25) is 0 Å². The Morgan fingerprint density at radius 1 is 1.22 bits per heavy atom. The van der Waals surface area contributed by atoms with Crippen molar-refractivity contribution in [2.45, 2.75) is 38.3 Å². The van der Waals surface area contributed by atoms with Gasteiger partial charge in [-0.1, -0.05) is 30.3 Å². The van der Waals surface area contributed by atoms with Gasteiger partial charge in [-0.3, -0.25) is 0 Å². The Morgan fingerprint density at radius 3 is 2.83 bits per heavy atom. The lowest BCUT2D eigenvalue weighted by atomic mass is 9.88. The molecule has 0 aliphatic heterocycles. The van der Waals surface area contributed by atoms with Crippen LogP contribution in [-0.2, 0) is 12.8 Å². The number of benzene rings is 2. The van der Waals surface area contributed by atoms with Gasteiger partial charge in [0.1, 0.15) is 5.75 Å². The minimum absolute atomic E-state index is 0.410. The van der Waals surface area contributed by atoms with E-state index in [1.165, 1.54) is 11.1 Å². The second-order valence-electron chi connectivity index (χ2n) is 6.35. The highest BCUT2D eigenvalue weighted by Crippen LogP contribution is 2.26. The van der Waals surface area contributed by atoms with Gasteiger partial charge in [-0.15, -0.1) is 0 Å². The van der Waals surface area contributed by atoms with Crippen LogP contribution in [0.15, 0.2) is 42.5 Å². The molecule has 0 spiro atoms. The predicted molar refractivity (Wildman–Crippen MR) is 92.9 cm³/mol. The summed E-state index contributed by atoms with van der Waals surface area (Å²) in [5, 5.41) is 14.0. The SMILES string of the molecule is COc1ccc2c(c1)CC(NCC(O)c1ccccc1C)CC2. The summed E-state index contributed by atoms with van der Waals surface area (Å²) in [6.07, 6.45) is 2.73. The first kappa shape index (κ1) is 16.0. The Labute approximate surface area is 138 Å². The minimum atomic E-state index is -0.456. The number of nitrogens with one attached hydrogen (secondary N) is 1. The average Bonchev–Trinajstić information content (AvgIpc) is 2.59. The number of aliphatic hydroxyl groups excluding tert-OH is 1. The number of rotatable bonds is 5. The maximum absolute atomic E-state index is 10.4. The van der Waals surface area contributed by atoms with E-state index in [-0.39, 0.29) is 0 Å². The number of hydrogen-bond acceptors (Lipinski definition) is 3. The van der Waals surface area contributed by atoms with Crippen LogP contribution in [0.1, 0.15) is 34.8 Å². The van der Waals surface area contributed by atoms with Crippen molar-refractivity contribution < 1.29 is 9.84 Å². The van der Waals surface area contributed by atoms with Crippen LogP contribution < -0.4 is 10.1 Å². The van der Waals surface area contributed by atoms with Gasteiger partial charge in [0.05, 0.1) is 13.2 Å². The highest BCUT2D eigenvalue weighted by molar-refractivity contribution is 5.38. The molecule has 0 bridgehead atoms. The van der Waals surface area contributed by atoms with Crippen LogP contribution in [0, 0.1) is 6.92 Å². The van der Waals surface area contributed by atoms with Gasteiger partial charge in [-0.2, -0.15) is 0 Å². The highest BCUT2D eigenvalue weighted by Gasteiger charge is 2.20. The minimum Gasteiger partial charge on any atom is -0.497 e. The first-order chi connectivity index (χ1) is 11.2. The van der Waals surface area contributed by atoms with E-state index in [1.54, 1.807) is 7.11 Å². The molecule has 2 unspecified atom stereocenters. The molecule has 0 amide bonds. The van der Waals surface area contributed by atoms with Crippen LogP contribution in [0.3, 0.4) is 0 Å². The molecule has 0 heterocycles. The average molecular weight is 311 g/mol. The highest BCUT2D eigenvalue weighted by atomic mass is 16.5. The fourth-order valence-electron chi connectivity index (χ4n) is 3.38. The van der Waals surface area contributed by atoms with Crippen LogP contribution in [-0.4, -0.2) is 24.8 Å². The Bertz CT molecular complexity index is 668. The van der Waals surface area contributed by atoms with Gasteiger partial charge in [0, 0.05) is 12.6 Å². The van der Waals surface area contributed by atoms with Crippen LogP contribution in [0.5, 0.6) is 5.75 Å².